The van der Waals surface area contributed by atoms with Crippen molar-refractivity contribution in [2.24, 2.45) is 0 Å². The molecule has 0 spiro atoms. The van der Waals surface area contributed by atoms with E-state index in [2.05, 4.69) is 15.9 Å². The monoisotopic (exact) mass is 260 g/mol. The average Bonchev–Trinajstić information content (AvgIpc) is 2.17. The molecule has 0 radical (unpaired) electrons. The third kappa shape index (κ3) is 2.39. The number of carbonyl (C=O) groups excluding carboxylic acids is 1. The lowest BCUT2D eigenvalue weighted by Crippen LogP contribution is -2.04. The number of alkyl halides is 1. The first kappa shape index (κ1) is 11.3. The molecule has 1 unspecified atom stereocenters. The van der Waals surface area contributed by atoms with Crippen LogP contribution in [0.15, 0.2) is 18.2 Å². The second-order valence-corrected chi connectivity index (χ2v) is 3.90. The summed E-state index contributed by atoms with van der Waals surface area (Å²) < 4.78 is 13.3. The second-order valence-electron chi connectivity index (χ2n) is 2.99. The lowest BCUT2D eigenvalue weighted by molar-refractivity contribution is -0.116. The van der Waals surface area contributed by atoms with E-state index in [9.17, 15) is 9.18 Å². The Kier molecular flexibility index (Phi) is 3.77. The van der Waals surface area contributed by atoms with E-state index in [0.717, 1.165) is 0 Å². The first-order valence-corrected chi connectivity index (χ1v) is 5.01. The molecule has 0 saturated heterocycles. The minimum Gasteiger partial charge on any atom is -0.392 e. The van der Waals surface area contributed by atoms with Crippen LogP contribution in [0.1, 0.15) is 22.9 Å². The van der Waals surface area contributed by atoms with Gasteiger partial charge in [0, 0.05) is 5.56 Å². The number of ketones is 1. The standard InChI is InChI=1S/C10H10BrFO2/c1-6(14)10(11)8-4-7(5-13)2-3-9(8)12/h2-4,10,13H,5H2,1H3. The molecule has 0 saturated carbocycles. The van der Waals surface area contributed by atoms with Crippen LogP contribution in [0, 0.1) is 5.82 Å². The predicted molar refractivity (Wildman–Crippen MR) is 54.7 cm³/mol. The van der Waals surface area contributed by atoms with Gasteiger partial charge in [0.1, 0.15) is 16.4 Å². The second kappa shape index (κ2) is 4.66. The summed E-state index contributed by atoms with van der Waals surface area (Å²) in [4.78, 5) is 10.4. The first-order chi connectivity index (χ1) is 6.56. The molecule has 0 aliphatic heterocycles. The topological polar surface area (TPSA) is 37.3 Å². The smallest absolute Gasteiger partial charge is 0.147 e. The van der Waals surface area contributed by atoms with Crippen LogP contribution in [0.2, 0.25) is 0 Å². The molecule has 4 heteroatoms. The van der Waals surface area contributed by atoms with Gasteiger partial charge in [0.25, 0.3) is 0 Å². The quantitative estimate of drug-likeness (QED) is 0.848. The minimum absolute atomic E-state index is 0.162. The summed E-state index contributed by atoms with van der Waals surface area (Å²) in [7, 11) is 0. The first-order valence-electron chi connectivity index (χ1n) is 4.10. The maximum atomic E-state index is 13.3. The maximum absolute atomic E-state index is 13.3. The van der Waals surface area contributed by atoms with E-state index >= 15 is 0 Å². The normalized spacial score (nSPS) is 12.6. The molecule has 1 N–H and O–H groups in total. The molecule has 76 valence electrons. The Morgan fingerprint density at radius 1 is 1.64 bits per heavy atom. The summed E-state index contributed by atoms with van der Waals surface area (Å²) >= 11 is 3.09. The van der Waals surface area contributed by atoms with Gasteiger partial charge in [-0.1, -0.05) is 22.0 Å². The number of benzene rings is 1. The van der Waals surface area contributed by atoms with Gasteiger partial charge in [-0.25, -0.2) is 4.39 Å². The molecular formula is C10H10BrFO2. The Bertz CT molecular complexity index is 352. The molecule has 14 heavy (non-hydrogen) atoms. The highest BCUT2D eigenvalue weighted by molar-refractivity contribution is 9.09. The van der Waals surface area contributed by atoms with Gasteiger partial charge in [0.2, 0.25) is 0 Å². The number of halogens is 2. The van der Waals surface area contributed by atoms with Crippen molar-refractivity contribution in [2.75, 3.05) is 0 Å². The molecule has 0 aliphatic rings. The van der Waals surface area contributed by atoms with Gasteiger partial charge in [0.05, 0.1) is 6.61 Å². The number of aliphatic hydroxyl groups excluding tert-OH is 1. The predicted octanol–water partition coefficient (Wildman–Crippen LogP) is 2.34. The molecule has 0 heterocycles. The van der Waals surface area contributed by atoms with Crippen LogP contribution in [0.25, 0.3) is 0 Å². The molecule has 0 fully saturated rings. The molecule has 0 amide bonds. The van der Waals surface area contributed by atoms with Gasteiger partial charge in [-0.3, -0.25) is 4.79 Å². The summed E-state index contributed by atoms with van der Waals surface area (Å²) in [6.45, 7) is 1.22. The van der Waals surface area contributed by atoms with Crippen LogP contribution in [0.3, 0.4) is 0 Å². The van der Waals surface area contributed by atoms with Gasteiger partial charge >= 0.3 is 0 Å². The Labute approximate surface area is 89.9 Å². The van der Waals surface area contributed by atoms with Gasteiger partial charge in [-0.2, -0.15) is 0 Å². The molecule has 1 aromatic rings. The van der Waals surface area contributed by atoms with Crippen molar-refractivity contribution in [1.29, 1.82) is 0 Å². The SMILES string of the molecule is CC(=O)C(Br)c1cc(CO)ccc1F. The van der Waals surface area contributed by atoms with E-state index in [1.807, 2.05) is 0 Å². The summed E-state index contributed by atoms with van der Waals surface area (Å²) in [6.07, 6.45) is 0. The zero-order valence-electron chi connectivity index (χ0n) is 7.63. The summed E-state index contributed by atoms with van der Waals surface area (Å²) in [5.41, 5.74) is 0.858. The Morgan fingerprint density at radius 2 is 2.29 bits per heavy atom. The van der Waals surface area contributed by atoms with Crippen molar-refractivity contribution in [1.82, 2.24) is 0 Å². The number of Topliss-reactive ketones (excluding diaryl/α,β-unsaturated/α-hetero) is 1. The molecule has 1 aromatic carbocycles. The fourth-order valence-electron chi connectivity index (χ4n) is 1.10. The molecule has 0 aliphatic carbocycles. The Balaban J connectivity index is 3.11. The van der Waals surface area contributed by atoms with Crippen LogP contribution in [-0.2, 0) is 11.4 Å². The van der Waals surface area contributed by atoms with Crippen molar-refractivity contribution in [2.45, 2.75) is 18.4 Å². The van der Waals surface area contributed by atoms with E-state index in [-0.39, 0.29) is 18.0 Å². The Morgan fingerprint density at radius 3 is 2.79 bits per heavy atom. The van der Waals surface area contributed by atoms with Crippen molar-refractivity contribution in [3.8, 4) is 0 Å². The van der Waals surface area contributed by atoms with Crippen LogP contribution in [0.5, 0.6) is 0 Å². The van der Waals surface area contributed by atoms with E-state index < -0.39 is 10.6 Å². The molecule has 2 nitrogen and oxygen atoms in total. The third-order valence-corrected chi connectivity index (χ3v) is 3.01. The summed E-state index contributed by atoms with van der Waals surface area (Å²) in [5.74, 6) is -0.613. The van der Waals surface area contributed by atoms with Crippen molar-refractivity contribution < 1.29 is 14.3 Å². The maximum Gasteiger partial charge on any atom is 0.147 e. The zero-order valence-corrected chi connectivity index (χ0v) is 9.21. The zero-order chi connectivity index (χ0) is 10.7. The molecule has 1 atom stereocenters. The van der Waals surface area contributed by atoms with Crippen LogP contribution in [-0.4, -0.2) is 10.9 Å². The largest absolute Gasteiger partial charge is 0.392 e. The molecular weight excluding hydrogens is 251 g/mol. The van der Waals surface area contributed by atoms with E-state index in [1.54, 1.807) is 0 Å². The fraction of sp³-hybridized carbons (Fsp3) is 0.300. The highest BCUT2D eigenvalue weighted by Gasteiger charge is 2.17. The van der Waals surface area contributed by atoms with Gasteiger partial charge in [-0.05, 0) is 24.6 Å². The van der Waals surface area contributed by atoms with Crippen molar-refractivity contribution >= 4 is 21.7 Å². The van der Waals surface area contributed by atoms with Crippen LogP contribution in [0.4, 0.5) is 4.39 Å². The number of aliphatic hydroxyl groups is 1. The highest BCUT2D eigenvalue weighted by Crippen LogP contribution is 2.27. The number of rotatable bonds is 3. The van der Waals surface area contributed by atoms with Crippen LogP contribution >= 0.6 is 15.9 Å². The molecule has 0 bridgehead atoms. The van der Waals surface area contributed by atoms with Gasteiger partial charge < -0.3 is 5.11 Å². The van der Waals surface area contributed by atoms with Gasteiger partial charge in [-0.15, -0.1) is 0 Å². The number of hydrogen-bond acceptors (Lipinski definition) is 2. The Hall–Kier alpha value is -0.740. The molecule has 0 aromatic heterocycles. The van der Waals surface area contributed by atoms with E-state index in [4.69, 9.17) is 5.11 Å². The third-order valence-electron chi connectivity index (χ3n) is 1.87. The summed E-state index contributed by atoms with van der Waals surface area (Å²) in [5, 5.41) is 8.85. The fourth-order valence-corrected chi connectivity index (χ4v) is 1.46. The lowest BCUT2D eigenvalue weighted by Gasteiger charge is -2.08. The number of carbonyl (C=O) groups is 1. The van der Waals surface area contributed by atoms with Gasteiger partial charge in [0.15, 0.2) is 0 Å². The highest BCUT2D eigenvalue weighted by atomic mass is 79.9. The molecule has 1 rings (SSSR count). The lowest BCUT2D eigenvalue weighted by atomic mass is 10.1. The van der Waals surface area contributed by atoms with Crippen molar-refractivity contribution in [3.63, 3.8) is 0 Å². The minimum atomic E-state index is -0.644. The van der Waals surface area contributed by atoms with Crippen molar-refractivity contribution in [3.05, 3.63) is 35.1 Å². The van der Waals surface area contributed by atoms with E-state index in [0.29, 0.717) is 5.56 Å². The average molecular weight is 261 g/mol. The van der Waals surface area contributed by atoms with E-state index in [1.165, 1.54) is 25.1 Å². The number of hydrogen-bond donors (Lipinski definition) is 1. The van der Waals surface area contributed by atoms with Crippen LogP contribution < -0.4 is 0 Å². The summed E-state index contributed by atoms with van der Waals surface area (Å²) in [6, 6.07) is 4.22.